The van der Waals surface area contributed by atoms with Crippen LogP contribution < -0.4 is 10.2 Å². The van der Waals surface area contributed by atoms with Crippen molar-refractivity contribution in [2.24, 2.45) is 0 Å². The van der Waals surface area contributed by atoms with E-state index >= 15 is 0 Å². The van der Waals surface area contributed by atoms with E-state index in [0.717, 1.165) is 43.6 Å². The molecule has 0 aliphatic carbocycles. The van der Waals surface area contributed by atoms with Crippen LogP contribution in [0.5, 0.6) is 0 Å². The molecule has 1 saturated heterocycles. The van der Waals surface area contributed by atoms with Gasteiger partial charge in [-0.25, -0.2) is 15.0 Å². The number of benzene rings is 1. The average molecular weight is 362 g/mol. The molecule has 1 aliphatic rings. The van der Waals surface area contributed by atoms with E-state index in [-0.39, 0.29) is 0 Å². The van der Waals surface area contributed by atoms with E-state index in [4.69, 9.17) is 0 Å². The Morgan fingerprint density at radius 2 is 1.85 bits per heavy atom. The van der Waals surface area contributed by atoms with Crippen LogP contribution in [0.15, 0.2) is 49.1 Å². The van der Waals surface area contributed by atoms with Gasteiger partial charge in [-0.1, -0.05) is 24.3 Å². The number of piperidine rings is 1. The van der Waals surface area contributed by atoms with Crippen molar-refractivity contribution >= 4 is 11.6 Å². The van der Waals surface area contributed by atoms with Gasteiger partial charge in [0.2, 0.25) is 0 Å². The predicted molar refractivity (Wildman–Crippen MR) is 108 cm³/mol. The Morgan fingerprint density at radius 3 is 2.67 bits per heavy atom. The van der Waals surface area contributed by atoms with Crippen LogP contribution in [0.4, 0.5) is 11.6 Å². The Hall–Kier alpha value is -2.89. The first kappa shape index (κ1) is 17.5. The maximum absolute atomic E-state index is 4.45. The first-order valence-corrected chi connectivity index (χ1v) is 9.64. The first-order chi connectivity index (χ1) is 13.3. The monoisotopic (exact) mass is 362 g/mol. The van der Waals surface area contributed by atoms with E-state index in [0.29, 0.717) is 0 Å². The van der Waals surface area contributed by atoms with Crippen LogP contribution in [0.1, 0.15) is 36.2 Å². The van der Waals surface area contributed by atoms with Gasteiger partial charge in [0.15, 0.2) is 0 Å². The fourth-order valence-electron chi connectivity index (χ4n) is 3.54. The van der Waals surface area contributed by atoms with E-state index < -0.39 is 0 Å². The van der Waals surface area contributed by atoms with Crippen LogP contribution in [0.25, 0.3) is 0 Å². The summed E-state index contributed by atoms with van der Waals surface area (Å²) in [7, 11) is 0. The molecule has 3 heterocycles. The van der Waals surface area contributed by atoms with E-state index in [1.54, 1.807) is 6.33 Å². The third-order valence-corrected chi connectivity index (χ3v) is 5.07. The third-order valence-electron chi connectivity index (χ3n) is 5.07. The largest absolute Gasteiger partial charge is 0.366 e. The van der Waals surface area contributed by atoms with Gasteiger partial charge >= 0.3 is 0 Å². The number of nitrogens with zero attached hydrogens (tertiary/aromatic N) is 5. The van der Waals surface area contributed by atoms with Crippen molar-refractivity contribution in [1.29, 1.82) is 0 Å². The zero-order valence-electron chi connectivity index (χ0n) is 15.8. The van der Waals surface area contributed by atoms with Crippen LogP contribution in [0.2, 0.25) is 0 Å². The van der Waals surface area contributed by atoms with Crippen molar-refractivity contribution in [1.82, 2.24) is 19.5 Å². The molecule has 0 bridgehead atoms. The summed E-state index contributed by atoms with van der Waals surface area (Å²) in [6.45, 7) is 5.79. The highest BCUT2D eigenvalue weighted by atomic mass is 15.2. The smallest absolute Gasteiger partial charge is 0.134 e. The topological polar surface area (TPSA) is 58.9 Å². The minimum Gasteiger partial charge on any atom is -0.366 e. The number of hydrogen-bond acceptors (Lipinski definition) is 5. The average Bonchev–Trinajstić information content (AvgIpc) is 3.12. The molecule has 0 spiro atoms. The maximum Gasteiger partial charge on any atom is 0.134 e. The summed E-state index contributed by atoms with van der Waals surface area (Å²) in [6, 6.07) is 10.7. The molecule has 27 heavy (non-hydrogen) atoms. The lowest BCUT2D eigenvalue weighted by Gasteiger charge is -2.27. The fraction of sp³-hybridized carbons (Fsp3) is 0.381. The van der Waals surface area contributed by atoms with Crippen LogP contribution in [0.3, 0.4) is 0 Å². The van der Waals surface area contributed by atoms with E-state index in [9.17, 15) is 0 Å². The lowest BCUT2D eigenvalue weighted by molar-refractivity contribution is 0.573. The standard InChI is InChI=1S/C21H26N6/c1-17-22-8-11-27(17)15-19-7-5-6-18(12-19)14-23-20-13-21(25-16-24-20)26-9-3-2-4-10-26/h5-8,11-13,16H,2-4,9-10,14-15H2,1H3,(H,23,24,25). The van der Waals surface area contributed by atoms with Gasteiger partial charge < -0.3 is 14.8 Å². The summed E-state index contributed by atoms with van der Waals surface area (Å²) in [5.41, 5.74) is 2.51. The minimum atomic E-state index is 0.743. The molecule has 0 saturated carbocycles. The van der Waals surface area contributed by atoms with Gasteiger partial charge in [0.05, 0.1) is 0 Å². The molecular formula is C21H26N6. The Bertz CT molecular complexity index is 882. The highest BCUT2D eigenvalue weighted by Crippen LogP contribution is 2.19. The second-order valence-corrected chi connectivity index (χ2v) is 7.09. The zero-order valence-corrected chi connectivity index (χ0v) is 15.8. The number of aryl methyl sites for hydroxylation is 1. The highest BCUT2D eigenvalue weighted by molar-refractivity contribution is 5.49. The highest BCUT2D eigenvalue weighted by Gasteiger charge is 2.12. The molecule has 0 unspecified atom stereocenters. The van der Waals surface area contributed by atoms with Crippen molar-refractivity contribution in [3.05, 3.63) is 66.0 Å². The molecule has 1 aromatic carbocycles. The molecule has 140 valence electrons. The number of anilines is 2. The maximum atomic E-state index is 4.45. The lowest BCUT2D eigenvalue weighted by atomic mass is 10.1. The molecule has 1 N–H and O–H groups in total. The summed E-state index contributed by atoms with van der Waals surface area (Å²) in [5, 5.41) is 3.44. The van der Waals surface area contributed by atoms with Gasteiger partial charge in [-0.15, -0.1) is 0 Å². The van der Waals surface area contributed by atoms with Crippen molar-refractivity contribution in [3.8, 4) is 0 Å². The zero-order chi connectivity index (χ0) is 18.5. The molecule has 1 aliphatic heterocycles. The second kappa shape index (κ2) is 8.20. The van der Waals surface area contributed by atoms with Crippen molar-refractivity contribution < 1.29 is 0 Å². The van der Waals surface area contributed by atoms with Crippen LogP contribution in [0, 0.1) is 6.92 Å². The number of hydrogen-bond donors (Lipinski definition) is 1. The van der Waals surface area contributed by atoms with Gasteiger partial charge in [-0.05, 0) is 37.3 Å². The summed E-state index contributed by atoms with van der Waals surface area (Å²) < 4.78 is 2.15. The second-order valence-electron chi connectivity index (χ2n) is 7.09. The van der Waals surface area contributed by atoms with Gasteiger partial charge in [-0.3, -0.25) is 0 Å². The molecule has 3 aromatic rings. The Labute approximate surface area is 160 Å². The molecule has 2 aromatic heterocycles. The Balaban J connectivity index is 1.40. The summed E-state index contributed by atoms with van der Waals surface area (Å²) >= 11 is 0. The molecule has 6 heteroatoms. The SMILES string of the molecule is Cc1nccn1Cc1cccc(CNc2cc(N3CCCCC3)ncn2)c1. The minimum absolute atomic E-state index is 0.743. The van der Waals surface area contributed by atoms with Crippen LogP contribution in [-0.2, 0) is 13.1 Å². The number of aromatic nitrogens is 4. The molecule has 0 amide bonds. The van der Waals surface area contributed by atoms with Crippen molar-refractivity contribution in [2.45, 2.75) is 39.3 Å². The fourth-order valence-corrected chi connectivity index (χ4v) is 3.54. The van der Waals surface area contributed by atoms with Gasteiger partial charge in [0, 0.05) is 44.6 Å². The molecule has 6 nitrogen and oxygen atoms in total. The summed E-state index contributed by atoms with van der Waals surface area (Å²) in [4.78, 5) is 15.5. The Morgan fingerprint density at radius 1 is 1.00 bits per heavy atom. The van der Waals surface area contributed by atoms with E-state index in [1.807, 2.05) is 19.3 Å². The molecule has 0 radical (unpaired) electrons. The molecule has 0 atom stereocenters. The van der Waals surface area contributed by atoms with Crippen molar-refractivity contribution in [2.75, 3.05) is 23.3 Å². The normalized spacial score (nSPS) is 14.3. The lowest BCUT2D eigenvalue weighted by Crippen LogP contribution is -2.30. The summed E-state index contributed by atoms with van der Waals surface area (Å²) in [5.74, 6) is 2.93. The van der Waals surface area contributed by atoms with Crippen molar-refractivity contribution in [3.63, 3.8) is 0 Å². The van der Waals surface area contributed by atoms with E-state index in [1.165, 1.54) is 30.4 Å². The van der Waals surface area contributed by atoms with Crippen LogP contribution >= 0.6 is 0 Å². The quantitative estimate of drug-likeness (QED) is 0.726. The molecular weight excluding hydrogens is 336 g/mol. The summed E-state index contributed by atoms with van der Waals surface area (Å²) in [6.07, 6.45) is 9.33. The Kier molecular flexibility index (Phi) is 5.32. The predicted octanol–water partition coefficient (Wildman–Crippen LogP) is 3.63. The molecule has 4 rings (SSSR count). The number of nitrogens with one attached hydrogen (secondary N) is 1. The number of imidazole rings is 1. The molecule has 1 fully saturated rings. The van der Waals surface area contributed by atoms with Crippen LogP contribution in [-0.4, -0.2) is 32.6 Å². The van der Waals surface area contributed by atoms with E-state index in [2.05, 4.69) is 60.1 Å². The van der Waals surface area contributed by atoms with Gasteiger partial charge in [0.1, 0.15) is 23.8 Å². The number of rotatable bonds is 6. The first-order valence-electron chi connectivity index (χ1n) is 9.64. The third kappa shape index (κ3) is 4.45. The van der Waals surface area contributed by atoms with Gasteiger partial charge in [0.25, 0.3) is 0 Å². The van der Waals surface area contributed by atoms with Gasteiger partial charge in [-0.2, -0.15) is 0 Å².